The van der Waals surface area contributed by atoms with Crippen LogP contribution in [-0.4, -0.2) is 21.2 Å². The molecule has 0 saturated carbocycles. The Morgan fingerprint density at radius 2 is 1.72 bits per heavy atom. The van der Waals surface area contributed by atoms with Gasteiger partial charge in [-0.15, -0.1) is 0 Å². The predicted octanol–water partition coefficient (Wildman–Crippen LogP) is 3.26. The highest BCUT2D eigenvalue weighted by molar-refractivity contribution is 6.08. The zero-order valence-corrected chi connectivity index (χ0v) is 15.5. The summed E-state index contributed by atoms with van der Waals surface area (Å²) in [4.78, 5) is 46.7. The number of nitro benzene ring substituents is 1. The maximum atomic E-state index is 12.6. The zero-order valence-electron chi connectivity index (χ0n) is 15.5. The summed E-state index contributed by atoms with van der Waals surface area (Å²) in [6, 6.07) is 15.2. The van der Waals surface area contributed by atoms with Crippen LogP contribution in [0.25, 0.3) is 0 Å². The Balaban J connectivity index is 1.83. The molecule has 8 nitrogen and oxygen atoms in total. The average molecular weight is 391 g/mol. The van der Waals surface area contributed by atoms with Gasteiger partial charge >= 0.3 is 0 Å². The van der Waals surface area contributed by atoms with E-state index in [9.17, 15) is 24.5 Å². The van der Waals surface area contributed by atoms with E-state index in [0.717, 1.165) is 0 Å². The number of carbonyl (C=O) groups is 2. The maximum Gasteiger partial charge on any atom is 0.269 e. The first kappa shape index (κ1) is 19.7. The molecule has 2 aromatic carbocycles. The second-order valence-corrected chi connectivity index (χ2v) is 6.36. The Hall–Kier alpha value is -4.07. The number of benzene rings is 2. The summed E-state index contributed by atoms with van der Waals surface area (Å²) in [5.41, 5.74) is 1.34. The van der Waals surface area contributed by atoms with Gasteiger partial charge in [0, 0.05) is 30.0 Å². The van der Waals surface area contributed by atoms with Crippen molar-refractivity contribution in [2.75, 3.05) is 5.32 Å². The van der Waals surface area contributed by atoms with Gasteiger partial charge in [0.15, 0.2) is 5.78 Å². The highest BCUT2D eigenvalue weighted by Crippen LogP contribution is 2.17. The van der Waals surface area contributed by atoms with Crippen molar-refractivity contribution in [3.05, 3.63) is 104 Å². The molecule has 0 aliphatic heterocycles. The van der Waals surface area contributed by atoms with Crippen LogP contribution in [0.3, 0.4) is 0 Å². The summed E-state index contributed by atoms with van der Waals surface area (Å²) < 4.78 is 1.34. The van der Waals surface area contributed by atoms with Crippen molar-refractivity contribution < 1.29 is 14.5 Å². The second-order valence-electron chi connectivity index (χ2n) is 6.36. The molecule has 0 aliphatic rings. The molecule has 3 rings (SSSR count). The number of amides is 1. The lowest BCUT2D eigenvalue weighted by molar-refractivity contribution is -0.384. The number of hydrogen-bond donors (Lipinski definition) is 1. The van der Waals surface area contributed by atoms with Crippen LogP contribution >= 0.6 is 0 Å². The van der Waals surface area contributed by atoms with Crippen molar-refractivity contribution in [1.29, 1.82) is 0 Å². The van der Waals surface area contributed by atoms with Crippen molar-refractivity contribution in [3.63, 3.8) is 0 Å². The van der Waals surface area contributed by atoms with Gasteiger partial charge in [0.05, 0.1) is 22.7 Å². The molecular weight excluding hydrogens is 374 g/mol. The van der Waals surface area contributed by atoms with Crippen molar-refractivity contribution >= 4 is 23.1 Å². The average Bonchev–Trinajstić information content (AvgIpc) is 2.70. The fourth-order valence-corrected chi connectivity index (χ4v) is 2.80. The number of nitro groups is 1. The molecule has 0 unspecified atom stereocenters. The van der Waals surface area contributed by atoms with Gasteiger partial charge in [-0.05, 0) is 30.7 Å². The van der Waals surface area contributed by atoms with Crippen LogP contribution in [0.5, 0.6) is 0 Å². The van der Waals surface area contributed by atoms with E-state index in [1.165, 1.54) is 42.0 Å². The van der Waals surface area contributed by atoms with Crippen molar-refractivity contribution in [1.82, 2.24) is 4.57 Å². The molecule has 29 heavy (non-hydrogen) atoms. The first-order chi connectivity index (χ1) is 13.8. The van der Waals surface area contributed by atoms with E-state index in [4.69, 9.17) is 0 Å². The zero-order chi connectivity index (χ0) is 21.0. The number of Topliss-reactive ketones (excluding diaryl/α,β-unsaturated/α-hetero) is 1. The number of pyridine rings is 1. The van der Waals surface area contributed by atoms with Crippen molar-refractivity contribution in [3.8, 4) is 0 Å². The quantitative estimate of drug-likeness (QED) is 0.394. The van der Waals surface area contributed by atoms with Crippen LogP contribution < -0.4 is 10.9 Å². The minimum Gasteiger partial charge on any atom is -0.321 e. The Morgan fingerprint density at radius 3 is 2.38 bits per heavy atom. The second kappa shape index (κ2) is 8.30. The Kier molecular flexibility index (Phi) is 5.64. The molecule has 3 aromatic rings. The monoisotopic (exact) mass is 391 g/mol. The summed E-state index contributed by atoms with van der Waals surface area (Å²) in [6.07, 6.45) is 1.41. The van der Waals surface area contributed by atoms with E-state index in [-0.39, 0.29) is 29.1 Å². The number of ketones is 1. The maximum absolute atomic E-state index is 12.6. The molecular formula is C21H17N3O5. The largest absolute Gasteiger partial charge is 0.321 e. The number of nitrogens with one attached hydrogen (secondary N) is 1. The molecule has 146 valence electrons. The summed E-state index contributed by atoms with van der Waals surface area (Å²) in [7, 11) is 0. The van der Waals surface area contributed by atoms with Gasteiger partial charge in [-0.2, -0.15) is 0 Å². The number of para-hydroxylation sites is 1. The van der Waals surface area contributed by atoms with Gasteiger partial charge in [0.1, 0.15) is 0 Å². The number of rotatable bonds is 6. The third kappa shape index (κ3) is 4.62. The molecule has 8 heteroatoms. The minimum atomic E-state index is -0.500. The number of carbonyl (C=O) groups excluding carboxylic acids is 2. The topological polar surface area (TPSA) is 111 Å². The Bertz CT molecular complexity index is 1150. The Morgan fingerprint density at radius 1 is 1.03 bits per heavy atom. The number of non-ortho nitro benzene ring substituents is 1. The number of hydrogen-bond acceptors (Lipinski definition) is 5. The molecule has 0 aliphatic carbocycles. The smallest absolute Gasteiger partial charge is 0.269 e. The molecule has 0 spiro atoms. The molecule has 0 bridgehead atoms. The van der Waals surface area contributed by atoms with Crippen LogP contribution in [0.15, 0.2) is 71.7 Å². The lowest BCUT2D eigenvalue weighted by atomic mass is 10.1. The van der Waals surface area contributed by atoms with Crippen LogP contribution in [0.2, 0.25) is 0 Å². The molecule has 1 N–H and O–H groups in total. The SMILES string of the molecule is CC(=O)c1ccccc1NC(=O)c1ccc(=O)n(Cc2ccc([N+](=O)[O-])cc2)c1. The van der Waals surface area contributed by atoms with Gasteiger partial charge in [-0.3, -0.25) is 24.5 Å². The van der Waals surface area contributed by atoms with E-state index >= 15 is 0 Å². The molecule has 0 fully saturated rings. The lowest BCUT2D eigenvalue weighted by Crippen LogP contribution is -2.23. The first-order valence-corrected chi connectivity index (χ1v) is 8.70. The summed E-state index contributed by atoms with van der Waals surface area (Å²) in [6.45, 7) is 1.57. The molecule has 0 saturated heterocycles. The first-order valence-electron chi connectivity index (χ1n) is 8.70. The molecule has 1 aromatic heterocycles. The van der Waals surface area contributed by atoms with Gasteiger partial charge in [-0.1, -0.05) is 24.3 Å². The minimum absolute atomic E-state index is 0.0432. The summed E-state index contributed by atoms with van der Waals surface area (Å²) in [5, 5.41) is 13.4. The standard InChI is InChI=1S/C21H17N3O5/c1-14(25)18-4-2-3-5-19(18)22-21(27)16-8-11-20(26)23(13-16)12-15-6-9-17(10-7-15)24(28)29/h2-11,13H,12H2,1H3,(H,22,27). The molecule has 0 atom stereocenters. The number of aromatic nitrogens is 1. The summed E-state index contributed by atoms with van der Waals surface area (Å²) >= 11 is 0. The normalized spacial score (nSPS) is 10.4. The van der Waals surface area contributed by atoms with Crippen molar-refractivity contribution in [2.45, 2.75) is 13.5 Å². The van der Waals surface area contributed by atoms with E-state index < -0.39 is 10.8 Å². The van der Waals surface area contributed by atoms with Gasteiger partial charge in [0.25, 0.3) is 17.2 Å². The number of anilines is 1. The highest BCUT2D eigenvalue weighted by Gasteiger charge is 2.13. The van der Waals surface area contributed by atoms with Crippen molar-refractivity contribution in [2.24, 2.45) is 0 Å². The lowest BCUT2D eigenvalue weighted by Gasteiger charge is -2.11. The van der Waals surface area contributed by atoms with Gasteiger partial charge in [-0.25, -0.2) is 0 Å². The third-order valence-corrected chi connectivity index (χ3v) is 4.30. The fourth-order valence-electron chi connectivity index (χ4n) is 2.80. The Labute approximate surface area is 165 Å². The number of nitrogens with zero attached hydrogens (tertiary/aromatic N) is 2. The summed E-state index contributed by atoms with van der Waals surface area (Å²) in [5.74, 6) is -0.639. The highest BCUT2D eigenvalue weighted by atomic mass is 16.6. The van der Waals surface area contributed by atoms with E-state index in [1.807, 2.05) is 0 Å². The van der Waals surface area contributed by atoms with Crippen LogP contribution in [0, 0.1) is 10.1 Å². The van der Waals surface area contributed by atoms with Crippen LogP contribution in [0.4, 0.5) is 11.4 Å². The van der Waals surface area contributed by atoms with Crippen LogP contribution in [-0.2, 0) is 6.54 Å². The van der Waals surface area contributed by atoms with E-state index in [1.54, 1.807) is 36.4 Å². The van der Waals surface area contributed by atoms with E-state index in [2.05, 4.69) is 5.32 Å². The third-order valence-electron chi connectivity index (χ3n) is 4.30. The van der Waals surface area contributed by atoms with Gasteiger partial charge < -0.3 is 9.88 Å². The van der Waals surface area contributed by atoms with Gasteiger partial charge in [0.2, 0.25) is 0 Å². The molecule has 0 radical (unpaired) electrons. The molecule has 1 heterocycles. The molecule has 1 amide bonds. The fraction of sp³-hybridized carbons (Fsp3) is 0.0952. The van der Waals surface area contributed by atoms with E-state index in [0.29, 0.717) is 16.8 Å². The predicted molar refractivity (Wildman–Crippen MR) is 107 cm³/mol. The van der Waals surface area contributed by atoms with Crippen LogP contribution in [0.1, 0.15) is 33.2 Å².